The summed E-state index contributed by atoms with van der Waals surface area (Å²) in [6.45, 7) is 1.98. The van der Waals surface area contributed by atoms with Crippen molar-refractivity contribution in [3.8, 4) is 5.69 Å². The second-order valence-corrected chi connectivity index (χ2v) is 8.06. The van der Waals surface area contributed by atoms with E-state index in [4.69, 9.17) is 11.5 Å². The Balaban J connectivity index is 0.000000180. The second-order valence-electron chi connectivity index (χ2n) is 7.27. The van der Waals surface area contributed by atoms with Crippen LogP contribution in [0.15, 0.2) is 76.3 Å². The number of rotatable bonds is 3. The summed E-state index contributed by atoms with van der Waals surface area (Å²) < 4.78 is 17.9. The van der Waals surface area contributed by atoms with Crippen molar-refractivity contribution in [2.24, 2.45) is 5.73 Å². The van der Waals surface area contributed by atoms with Crippen molar-refractivity contribution in [1.82, 2.24) is 19.2 Å². The maximum absolute atomic E-state index is 14.1. The van der Waals surface area contributed by atoms with Crippen LogP contribution >= 0.6 is 15.9 Å². The summed E-state index contributed by atoms with van der Waals surface area (Å²) in [5.74, 6) is -1.01. The van der Waals surface area contributed by atoms with Gasteiger partial charge in [0.15, 0.2) is 11.5 Å². The van der Waals surface area contributed by atoms with E-state index in [9.17, 15) is 14.0 Å². The largest absolute Gasteiger partial charge is 0.381 e. The normalized spacial score (nSPS) is 10.8. The van der Waals surface area contributed by atoms with Gasteiger partial charge in [-0.25, -0.2) is 13.9 Å². The van der Waals surface area contributed by atoms with Gasteiger partial charge in [-0.15, -0.1) is 5.10 Å². The molecule has 3 heterocycles. The fourth-order valence-electron chi connectivity index (χ4n) is 3.72. The van der Waals surface area contributed by atoms with Crippen molar-refractivity contribution >= 4 is 44.1 Å². The number of aromatic nitrogens is 4. The molecule has 5 rings (SSSR count). The molecular formula is C24H20BrFN6O2. The highest BCUT2D eigenvalue weighted by atomic mass is 79.9. The van der Waals surface area contributed by atoms with Gasteiger partial charge >= 0.3 is 0 Å². The number of primary amides is 1. The van der Waals surface area contributed by atoms with Gasteiger partial charge < -0.3 is 11.5 Å². The molecular weight excluding hydrogens is 503 g/mol. The Bertz CT molecular complexity index is 1580. The van der Waals surface area contributed by atoms with E-state index in [2.05, 4.69) is 26.0 Å². The lowest BCUT2D eigenvalue weighted by atomic mass is 10.1. The molecule has 0 saturated heterocycles. The van der Waals surface area contributed by atoms with Crippen molar-refractivity contribution in [1.29, 1.82) is 0 Å². The predicted octanol–water partition coefficient (Wildman–Crippen LogP) is 3.87. The molecule has 0 fully saturated rings. The Morgan fingerprint density at radius 3 is 2.53 bits per heavy atom. The molecule has 0 aliphatic heterocycles. The van der Waals surface area contributed by atoms with Crippen LogP contribution < -0.4 is 17.0 Å². The summed E-state index contributed by atoms with van der Waals surface area (Å²) in [6.07, 6.45) is 3.85. The van der Waals surface area contributed by atoms with E-state index in [-0.39, 0.29) is 22.3 Å². The zero-order chi connectivity index (χ0) is 24.4. The van der Waals surface area contributed by atoms with Crippen LogP contribution in [0.25, 0.3) is 22.1 Å². The number of nitrogens with zero attached hydrogens (tertiary/aromatic N) is 4. The van der Waals surface area contributed by atoms with Crippen LogP contribution in [0.5, 0.6) is 0 Å². The molecule has 4 N–H and O–H groups in total. The molecule has 0 unspecified atom stereocenters. The third-order valence-electron chi connectivity index (χ3n) is 5.21. The minimum Gasteiger partial charge on any atom is -0.381 e. The third-order valence-corrected chi connectivity index (χ3v) is 6.09. The van der Waals surface area contributed by atoms with Crippen molar-refractivity contribution in [2.45, 2.75) is 13.3 Å². The first-order valence-electron chi connectivity index (χ1n) is 10.3. The zero-order valence-electron chi connectivity index (χ0n) is 18.1. The number of hydrogen-bond acceptors (Lipinski definition) is 5. The quantitative estimate of drug-likeness (QED) is 0.372. The molecule has 10 heteroatoms. The molecule has 34 heavy (non-hydrogen) atoms. The van der Waals surface area contributed by atoms with Crippen molar-refractivity contribution in [2.75, 3.05) is 5.73 Å². The zero-order valence-corrected chi connectivity index (χ0v) is 19.7. The summed E-state index contributed by atoms with van der Waals surface area (Å²) in [4.78, 5) is 27.7. The maximum Gasteiger partial charge on any atom is 0.266 e. The molecule has 172 valence electrons. The molecule has 2 aromatic carbocycles. The van der Waals surface area contributed by atoms with Crippen LogP contribution in [-0.2, 0) is 6.42 Å². The van der Waals surface area contributed by atoms with Gasteiger partial charge in [0, 0.05) is 33.6 Å². The van der Waals surface area contributed by atoms with E-state index in [1.54, 1.807) is 35.2 Å². The SMILES string of the molecule is CCc1c(Br)c2cccc(F)c2c(=O)n1-c1ccccc1.NC(=O)c1c(N)nn2cccnc12. The monoisotopic (exact) mass is 522 g/mol. The number of halogens is 2. The molecule has 0 aliphatic rings. The molecule has 0 spiro atoms. The van der Waals surface area contributed by atoms with Crippen molar-refractivity contribution < 1.29 is 9.18 Å². The molecule has 5 aromatic rings. The maximum atomic E-state index is 14.1. The Labute approximate surface area is 201 Å². The molecule has 0 bridgehead atoms. The van der Waals surface area contributed by atoms with Gasteiger partial charge in [0.2, 0.25) is 0 Å². The van der Waals surface area contributed by atoms with E-state index in [1.807, 2.05) is 37.3 Å². The van der Waals surface area contributed by atoms with E-state index in [0.29, 0.717) is 17.5 Å². The van der Waals surface area contributed by atoms with Gasteiger partial charge in [-0.05, 0) is 46.6 Å². The number of fused-ring (bicyclic) bond motifs is 2. The number of amides is 1. The topological polar surface area (TPSA) is 121 Å². The first kappa shape index (κ1) is 23.1. The number of para-hydroxylation sites is 1. The van der Waals surface area contributed by atoms with Crippen LogP contribution in [0.2, 0.25) is 0 Å². The average molecular weight is 523 g/mol. The second kappa shape index (κ2) is 9.44. The molecule has 0 radical (unpaired) electrons. The number of carbonyl (C=O) groups is 1. The number of nitrogens with two attached hydrogens (primary N) is 2. The molecule has 0 aliphatic carbocycles. The minimum atomic E-state index is -0.619. The van der Waals surface area contributed by atoms with Gasteiger partial charge in [0.1, 0.15) is 11.4 Å². The van der Waals surface area contributed by atoms with Gasteiger partial charge in [0.25, 0.3) is 11.5 Å². The highest BCUT2D eigenvalue weighted by Gasteiger charge is 2.17. The van der Waals surface area contributed by atoms with Crippen LogP contribution in [-0.4, -0.2) is 25.1 Å². The average Bonchev–Trinajstić information content (AvgIpc) is 3.18. The molecule has 0 saturated carbocycles. The lowest BCUT2D eigenvalue weighted by molar-refractivity contribution is 0.100. The summed E-state index contributed by atoms with van der Waals surface area (Å²) in [5.41, 5.74) is 12.4. The first-order valence-corrected chi connectivity index (χ1v) is 11.1. The van der Waals surface area contributed by atoms with Crippen LogP contribution in [0.1, 0.15) is 23.0 Å². The Morgan fingerprint density at radius 1 is 1.12 bits per heavy atom. The highest BCUT2D eigenvalue weighted by molar-refractivity contribution is 9.10. The molecule has 3 aromatic heterocycles. The molecule has 0 atom stereocenters. The Kier molecular flexibility index (Phi) is 6.42. The fourth-order valence-corrected chi connectivity index (χ4v) is 4.50. The standard InChI is InChI=1S/C17H13BrFNO.C7H7N5O/c1-2-14-16(18)12-9-6-10-13(19)15(12)17(21)20(14)11-7-4-3-5-8-11;8-5-4(6(9)13)7-10-2-1-3-12(7)11-5/h3-10H,2H2,1H3;1-3H,(H2,8,11)(H2,9,13). The van der Waals surface area contributed by atoms with Crippen LogP contribution in [0.3, 0.4) is 0 Å². The lowest BCUT2D eigenvalue weighted by Crippen LogP contribution is -2.23. The first-order chi connectivity index (χ1) is 16.3. The van der Waals surface area contributed by atoms with E-state index in [0.717, 1.165) is 15.9 Å². The van der Waals surface area contributed by atoms with E-state index in [1.165, 1.54) is 10.6 Å². The summed E-state index contributed by atoms with van der Waals surface area (Å²) in [5, 5.41) is 4.60. The fraction of sp³-hybridized carbons (Fsp3) is 0.0833. The number of nitrogen functional groups attached to an aromatic ring is 1. The number of carbonyl (C=O) groups excluding carboxylic acids is 1. The van der Waals surface area contributed by atoms with Gasteiger partial charge in [-0.1, -0.05) is 37.3 Å². The van der Waals surface area contributed by atoms with Gasteiger partial charge in [0.05, 0.1) is 5.39 Å². The number of pyridine rings is 1. The summed E-state index contributed by atoms with van der Waals surface area (Å²) in [7, 11) is 0. The number of anilines is 1. The Morgan fingerprint density at radius 2 is 1.85 bits per heavy atom. The van der Waals surface area contributed by atoms with E-state index < -0.39 is 11.7 Å². The third kappa shape index (κ3) is 4.03. The summed E-state index contributed by atoms with van der Waals surface area (Å²) >= 11 is 3.53. The smallest absolute Gasteiger partial charge is 0.266 e. The van der Waals surface area contributed by atoms with E-state index >= 15 is 0 Å². The lowest BCUT2D eigenvalue weighted by Gasteiger charge is -2.16. The Hall–Kier alpha value is -4.05. The molecule has 8 nitrogen and oxygen atoms in total. The highest BCUT2D eigenvalue weighted by Crippen LogP contribution is 2.28. The molecule has 1 amide bonds. The van der Waals surface area contributed by atoms with Crippen molar-refractivity contribution in [3.63, 3.8) is 0 Å². The van der Waals surface area contributed by atoms with Crippen LogP contribution in [0, 0.1) is 5.82 Å². The minimum absolute atomic E-state index is 0.103. The van der Waals surface area contributed by atoms with Crippen molar-refractivity contribution in [3.05, 3.63) is 98.9 Å². The predicted molar refractivity (Wildman–Crippen MR) is 132 cm³/mol. The van der Waals surface area contributed by atoms with Gasteiger partial charge in [-0.2, -0.15) is 0 Å². The summed E-state index contributed by atoms with van der Waals surface area (Å²) in [6, 6.07) is 15.7. The number of benzene rings is 2. The van der Waals surface area contributed by atoms with Gasteiger partial charge in [-0.3, -0.25) is 14.2 Å². The number of hydrogen-bond donors (Lipinski definition) is 2. The van der Waals surface area contributed by atoms with Crippen LogP contribution in [0.4, 0.5) is 10.2 Å².